The molecule has 7 heteroatoms. The predicted molar refractivity (Wildman–Crippen MR) is 129 cm³/mol. The first-order chi connectivity index (χ1) is 17.1. The van der Waals surface area contributed by atoms with Gasteiger partial charge in [0, 0.05) is 6.54 Å². The molecule has 0 radical (unpaired) electrons. The number of halogens is 1. The maximum Gasteiger partial charge on any atom is 0.261 e. The van der Waals surface area contributed by atoms with E-state index in [-0.39, 0.29) is 37.3 Å². The molecule has 1 aromatic heterocycles. The van der Waals surface area contributed by atoms with Crippen LogP contribution in [0.15, 0.2) is 108 Å². The molecular weight excluding hydrogens is 447 g/mol. The van der Waals surface area contributed by atoms with Gasteiger partial charge < -0.3 is 19.4 Å². The summed E-state index contributed by atoms with van der Waals surface area (Å²) in [7, 11) is 0. The number of amides is 2. The van der Waals surface area contributed by atoms with Crippen molar-refractivity contribution in [3.05, 3.63) is 126 Å². The van der Waals surface area contributed by atoms with E-state index < -0.39 is 6.04 Å². The number of para-hydroxylation sites is 1. The fourth-order valence-electron chi connectivity index (χ4n) is 3.65. The lowest BCUT2D eigenvalue weighted by Crippen LogP contribution is -2.45. The molecule has 1 N–H and O–H groups in total. The largest absolute Gasteiger partial charge is 0.484 e. The van der Waals surface area contributed by atoms with Crippen LogP contribution in [0.3, 0.4) is 0 Å². The van der Waals surface area contributed by atoms with Crippen LogP contribution >= 0.6 is 0 Å². The molecule has 2 amide bonds. The molecule has 0 saturated carbocycles. The minimum Gasteiger partial charge on any atom is -0.484 e. The maximum atomic E-state index is 13.5. The molecule has 0 aliphatic heterocycles. The Labute approximate surface area is 202 Å². The zero-order valence-corrected chi connectivity index (χ0v) is 19.0. The molecule has 0 bridgehead atoms. The van der Waals surface area contributed by atoms with Crippen LogP contribution in [0, 0.1) is 5.82 Å². The second-order valence-electron chi connectivity index (χ2n) is 7.86. The molecule has 178 valence electrons. The summed E-state index contributed by atoms with van der Waals surface area (Å²) in [6.45, 7) is -0.000732. The Kier molecular flexibility index (Phi) is 7.91. The average molecular weight is 473 g/mol. The van der Waals surface area contributed by atoms with Gasteiger partial charge in [0.15, 0.2) is 6.61 Å². The van der Waals surface area contributed by atoms with Crippen molar-refractivity contribution in [2.45, 2.75) is 19.1 Å². The van der Waals surface area contributed by atoms with Gasteiger partial charge in [0.1, 0.15) is 23.4 Å². The Hall–Kier alpha value is -4.39. The van der Waals surface area contributed by atoms with Crippen LogP contribution in [0.2, 0.25) is 0 Å². The van der Waals surface area contributed by atoms with E-state index in [1.807, 2.05) is 36.4 Å². The molecule has 0 aliphatic carbocycles. The monoisotopic (exact) mass is 472 g/mol. The zero-order chi connectivity index (χ0) is 24.5. The van der Waals surface area contributed by atoms with Crippen molar-refractivity contribution in [2.75, 3.05) is 6.61 Å². The van der Waals surface area contributed by atoms with Crippen LogP contribution in [-0.4, -0.2) is 23.3 Å². The molecule has 35 heavy (non-hydrogen) atoms. The fraction of sp³-hybridized carbons (Fsp3) is 0.143. The van der Waals surface area contributed by atoms with Crippen molar-refractivity contribution >= 4 is 11.8 Å². The highest BCUT2D eigenvalue weighted by Gasteiger charge is 2.32. The van der Waals surface area contributed by atoms with Gasteiger partial charge in [0.2, 0.25) is 5.91 Å². The van der Waals surface area contributed by atoms with Crippen LogP contribution in [0.4, 0.5) is 4.39 Å². The van der Waals surface area contributed by atoms with Crippen LogP contribution in [0.1, 0.15) is 22.9 Å². The van der Waals surface area contributed by atoms with Crippen LogP contribution in [0.5, 0.6) is 5.75 Å². The van der Waals surface area contributed by atoms with E-state index in [4.69, 9.17) is 9.15 Å². The molecule has 4 rings (SSSR count). The van der Waals surface area contributed by atoms with Crippen molar-refractivity contribution in [2.24, 2.45) is 0 Å². The smallest absolute Gasteiger partial charge is 0.261 e. The predicted octanol–water partition coefficient (Wildman–Crippen LogP) is 4.88. The van der Waals surface area contributed by atoms with Gasteiger partial charge in [-0.15, -0.1) is 0 Å². The van der Waals surface area contributed by atoms with E-state index in [0.717, 1.165) is 0 Å². The van der Waals surface area contributed by atoms with E-state index >= 15 is 0 Å². The lowest BCUT2D eigenvalue weighted by Gasteiger charge is -2.31. The number of rotatable bonds is 10. The topological polar surface area (TPSA) is 71.8 Å². The van der Waals surface area contributed by atoms with Gasteiger partial charge >= 0.3 is 0 Å². The van der Waals surface area contributed by atoms with Crippen molar-refractivity contribution in [3.8, 4) is 5.75 Å². The summed E-state index contributed by atoms with van der Waals surface area (Å²) >= 11 is 0. The van der Waals surface area contributed by atoms with E-state index in [1.54, 1.807) is 48.5 Å². The minimum absolute atomic E-state index is 0.0883. The third-order valence-corrected chi connectivity index (χ3v) is 5.38. The lowest BCUT2D eigenvalue weighted by molar-refractivity contribution is -0.143. The molecule has 0 spiro atoms. The average Bonchev–Trinajstić information content (AvgIpc) is 3.42. The van der Waals surface area contributed by atoms with Crippen molar-refractivity contribution < 1.29 is 23.1 Å². The Morgan fingerprint density at radius 2 is 1.57 bits per heavy atom. The normalized spacial score (nSPS) is 11.5. The molecule has 1 atom stereocenters. The number of carbonyl (C=O) groups excluding carboxylic acids is 2. The maximum absolute atomic E-state index is 13.5. The number of carbonyl (C=O) groups is 2. The summed E-state index contributed by atoms with van der Waals surface area (Å²) in [4.78, 5) is 28.4. The van der Waals surface area contributed by atoms with Crippen LogP contribution in [0.25, 0.3) is 0 Å². The van der Waals surface area contributed by atoms with Crippen LogP contribution in [-0.2, 0) is 22.7 Å². The van der Waals surface area contributed by atoms with E-state index in [9.17, 15) is 14.0 Å². The SMILES string of the molecule is O=C(NCc1ccco1)C(c1ccccc1)N(Cc1ccc(F)cc1)C(=O)COc1ccccc1. The standard InChI is InChI=1S/C28H25FN2O4/c29-23-15-13-21(14-16-23)19-31(26(32)20-35-24-10-5-2-6-11-24)27(22-8-3-1-4-9-22)28(33)30-18-25-12-7-17-34-25/h1-17,27H,18-20H2,(H,30,33). The van der Waals surface area contributed by atoms with E-state index in [0.29, 0.717) is 22.6 Å². The highest BCUT2D eigenvalue weighted by molar-refractivity contribution is 5.89. The van der Waals surface area contributed by atoms with Crippen LogP contribution < -0.4 is 10.1 Å². The van der Waals surface area contributed by atoms with Gasteiger partial charge in [-0.25, -0.2) is 4.39 Å². The molecular formula is C28H25FN2O4. The molecule has 0 fully saturated rings. The first kappa shape index (κ1) is 23.8. The molecule has 4 aromatic rings. The van der Waals surface area contributed by atoms with E-state index in [1.165, 1.54) is 23.3 Å². The number of nitrogens with one attached hydrogen (secondary N) is 1. The van der Waals surface area contributed by atoms with Crippen molar-refractivity contribution in [1.29, 1.82) is 0 Å². The zero-order valence-electron chi connectivity index (χ0n) is 19.0. The summed E-state index contributed by atoms with van der Waals surface area (Å²) in [5.74, 6) is -0.00659. The van der Waals surface area contributed by atoms with Gasteiger partial charge in [-0.3, -0.25) is 9.59 Å². The highest BCUT2D eigenvalue weighted by Crippen LogP contribution is 2.25. The van der Waals surface area contributed by atoms with Gasteiger partial charge in [-0.2, -0.15) is 0 Å². The van der Waals surface area contributed by atoms with Gasteiger partial charge in [-0.05, 0) is 47.5 Å². The highest BCUT2D eigenvalue weighted by atomic mass is 19.1. The summed E-state index contributed by atoms with van der Waals surface area (Å²) in [5, 5.41) is 2.86. The Bertz CT molecular complexity index is 1210. The number of nitrogens with zero attached hydrogens (tertiary/aromatic N) is 1. The summed E-state index contributed by atoms with van der Waals surface area (Å²) in [5.41, 5.74) is 1.32. The van der Waals surface area contributed by atoms with Gasteiger partial charge in [0.05, 0.1) is 12.8 Å². The third-order valence-electron chi connectivity index (χ3n) is 5.38. The van der Waals surface area contributed by atoms with E-state index in [2.05, 4.69) is 5.32 Å². The minimum atomic E-state index is -0.942. The quantitative estimate of drug-likeness (QED) is 0.357. The molecule has 1 unspecified atom stereocenters. The van der Waals surface area contributed by atoms with Gasteiger partial charge in [-0.1, -0.05) is 60.7 Å². The summed E-state index contributed by atoms with van der Waals surface area (Å²) in [6.07, 6.45) is 1.53. The van der Waals surface area contributed by atoms with Crippen molar-refractivity contribution in [3.63, 3.8) is 0 Å². The summed E-state index contributed by atoms with van der Waals surface area (Å²) in [6, 6.07) is 26.4. The Balaban J connectivity index is 1.62. The number of hydrogen-bond acceptors (Lipinski definition) is 4. The van der Waals surface area contributed by atoms with Gasteiger partial charge in [0.25, 0.3) is 5.91 Å². The van der Waals surface area contributed by atoms with Crippen molar-refractivity contribution in [1.82, 2.24) is 10.2 Å². The number of ether oxygens (including phenoxy) is 1. The Morgan fingerprint density at radius 3 is 2.23 bits per heavy atom. The molecule has 3 aromatic carbocycles. The second kappa shape index (κ2) is 11.7. The molecule has 0 saturated heterocycles. The third kappa shape index (κ3) is 6.57. The number of benzene rings is 3. The number of hydrogen-bond donors (Lipinski definition) is 1. The first-order valence-corrected chi connectivity index (χ1v) is 11.2. The summed E-state index contributed by atoms with van der Waals surface area (Å²) < 4.78 is 24.5. The first-order valence-electron chi connectivity index (χ1n) is 11.2. The number of furan rings is 1. The lowest BCUT2D eigenvalue weighted by atomic mass is 10.0. The fourth-order valence-corrected chi connectivity index (χ4v) is 3.65. The molecule has 1 heterocycles. The Morgan fingerprint density at radius 1 is 0.886 bits per heavy atom. The molecule has 6 nitrogen and oxygen atoms in total. The second-order valence-corrected chi connectivity index (χ2v) is 7.86. The molecule has 0 aliphatic rings.